The van der Waals surface area contributed by atoms with Crippen molar-refractivity contribution in [2.45, 2.75) is 25.9 Å². The highest BCUT2D eigenvalue weighted by Gasteiger charge is 2.34. The van der Waals surface area contributed by atoms with E-state index in [4.69, 9.17) is 4.74 Å². The Morgan fingerprint density at radius 3 is 2.50 bits per heavy atom. The molecule has 1 aromatic carbocycles. The number of benzene rings is 1. The fourth-order valence-corrected chi connectivity index (χ4v) is 3.38. The van der Waals surface area contributed by atoms with Crippen molar-refractivity contribution in [3.63, 3.8) is 0 Å². The Morgan fingerprint density at radius 2 is 1.85 bits per heavy atom. The Morgan fingerprint density at radius 1 is 1.15 bits per heavy atom. The molecule has 0 spiro atoms. The summed E-state index contributed by atoms with van der Waals surface area (Å²) < 4.78 is 7.46. The van der Waals surface area contributed by atoms with Crippen LogP contribution in [0.25, 0.3) is 0 Å². The first-order chi connectivity index (χ1) is 12.6. The molecule has 0 saturated carbocycles. The lowest BCUT2D eigenvalue weighted by Crippen LogP contribution is -2.39. The summed E-state index contributed by atoms with van der Waals surface area (Å²) in [5.74, 6) is 0.860. The smallest absolute Gasteiger partial charge is 0.365 e. The number of likely N-dealkylation sites (tertiary alicyclic amines) is 1. The normalized spacial score (nSPS) is 16.3. The van der Waals surface area contributed by atoms with Crippen molar-refractivity contribution in [1.29, 1.82) is 0 Å². The molecule has 1 fully saturated rings. The second kappa shape index (κ2) is 6.32. The number of anilines is 1. The first-order valence-electron chi connectivity index (χ1n) is 8.51. The minimum atomic E-state index is -0.574. The van der Waals surface area contributed by atoms with Crippen LogP contribution in [0.15, 0.2) is 29.1 Å². The number of carbonyl (C=O) groups is 2. The van der Waals surface area contributed by atoms with E-state index in [1.165, 1.54) is 9.58 Å². The molecule has 4 rings (SSSR count). The summed E-state index contributed by atoms with van der Waals surface area (Å²) in [6, 6.07) is 6.65. The number of aromatic nitrogens is 3. The summed E-state index contributed by atoms with van der Waals surface area (Å²) in [6.07, 6.45) is 1.94. The van der Waals surface area contributed by atoms with Crippen LogP contribution in [0.2, 0.25) is 0 Å². The van der Waals surface area contributed by atoms with Crippen molar-refractivity contribution in [1.82, 2.24) is 19.2 Å². The van der Waals surface area contributed by atoms with Gasteiger partial charge in [0, 0.05) is 18.8 Å². The second-order valence-corrected chi connectivity index (χ2v) is 6.33. The van der Waals surface area contributed by atoms with Crippen LogP contribution in [0.1, 0.15) is 18.7 Å². The van der Waals surface area contributed by atoms with Crippen molar-refractivity contribution >= 4 is 17.6 Å². The van der Waals surface area contributed by atoms with Gasteiger partial charge < -0.3 is 9.64 Å². The molecule has 3 heterocycles. The van der Waals surface area contributed by atoms with Crippen molar-refractivity contribution in [3.05, 3.63) is 40.6 Å². The summed E-state index contributed by atoms with van der Waals surface area (Å²) in [5.41, 5.74) is 0.0986. The van der Waals surface area contributed by atoms with Crippen LogP contribution in [0.3, 0.4) is 0 Å². The van der Waals surface area contributed by atoms with Crippen LogP contribution in [-0.4, -0.2) is 51.4 Å². The molecule has 0 aliphatic carbocycles. The number of hydrogen-bond donors (Lipinski definition) is 0. The van der Waals surface area contributed by atoms with Gasteiger partial charge in [-0.05, 0) is 37.1 Å². The number of carbonyl (C=O) groups excluding carboxylic acids is 2. The SMILES string of the molecule is COc1ccc(N2Cc3nc(=O)n(CC(=O)N4CCCC4)n3C2=O)cc1. The summed E-state index contributed by atoms with van der Waals surface area (Å²) in [4.78, 5) is 44.5. The first-order valence-corrected chi connectivity index (χ1v) is 8.51. The van der Waals surface area contributed by atoms with Crippen LogP contribution >= 0.6 is 0 Å². The van der Waals surface area contributed by atoms with Crippen LogP contribution in [0, 0.1) is 0 Å². The molecule has 0 unspecified atom stereocenters. The molecule has 2 aliphatic heterocycles. The van der Waals surface area contributed by atoms with Gasteiger partial charge in [-0.1, -0.05) is 0 Å². The Balaban J connectivity index is 1.59. The maximum Gasteiger partial charge on any atom is 0.365 e. The van der Waals surface area contributed by atoms with E-state index < -0.39 is 11.7 Å². The maximum absolute atomic E-state index is 12.8. The molecule has 26 heavy (non-hydrogen) atoms. The predicted molar refractivity (Wildman–Crippen MR) is 92.3 cm³/mol. The molecule has 1 aromatic heterocycles. The van der Waals surface area contributed by atoms with E-state index in [1.54, 1.807) is 36.3 Å². The fraction of sp³-hybridized carbons (Fsp3) is 0.412. The van der Waals surface area contributed by atoms with Gasteiger partial charge in [-0.15, -0.1) is 0 Å². The lowest BCUT2D eigenvalue weighted by Gasteiger charge is -2.18. The van der Waals surface area contributed by atoms with Crippen LogP contribution in [-0.2, 0) is 17.9 Å². The minimum Gasteiger partial charge on any atom is -0.497 e. The number of nitrogens with zero attached hydrogens (tertiary/aromatic N) is 5. The molecular weight excluding hydrogens is 338 g/mol. The fourth-order valence-electron chi connectivity index (χ4n) is 3.38. The standard InChI is InChI=1S/C17H19N5O4/c1-26-13-6-4-12(5-7-13)20-10-14-18-16(24)21(22(14)17(20)25)11-15(23)19-8-2-3-9-19/h4-7H,2-3,8-11H2,1H3. The van der Waals surface area contributed by atoms with Gasteiger partial charge in [0.05, 0.1) is 13.7 Å². The third kappa shape index (κ3) is 2.65. The van der Waals surface area contributed by atoms with Crippen molar-refractivity contribution in [2.24, 2.45) is 0 Å². The molecule has 136 valence electrons. The summed E-state index contributed by atoms with van der Waals surface area (Å²) in [7, 11) is 1.57. The molecule has 2 aromatic rings. The lowest BCUT2D eigenvalue weighted by atomic mass is 10.3. The summed E-state index contributed by atoms with van der Waals surface area (Å²) >= 11 is 0. The highest BCUT2D eigenvalue weighted by Crippen LogP contribution is 2.25. The third-order valence-electron chi connectivity index (χ3n) is 4.77. The van der Waals surface area contributed by atoms with Crippen LogP contribution in [0.5, 0.6) is 5.75 Å². The van der Waals surface area contributed by atoms with Gasteiger partial charge in [-0.25, -0.2) is 14.3 Å². The second-order valence-electron chi connectivity index (χ2n) is 6.33. The lowest BCUT2D eigenvalue weighted by molar-refractivity contribution is -0.131. The monoisotopic (exact) mass is 357 g/mol. The highest BCUT2D eigenvalue weighted by molar-refractivity contribution is 5.95. The van der Waals surface area contributed by atoms with E-state index in [9.17, 15) is 14.4 Å². The number of amides is 2. The third-order valence-corrected chi connectivity index (χ3v) is 4.77. The molecule has 9 heteroatoms. The largest absolute Gasteiger partial charge is 0.497 e. The summed E-state index contributed by atoms with van der Waals surface area (Å²) in [5, 5.41) is 0. The van der Waals surface area contributed by atoms with Gasteiger partial charge in [-0.2, -0.15) is 9.67 Å². The molecular formula is C17H19N5O4. The maximum atomic E-state index is 12.8. The summed E-state index contributed by atoms with van der Waals surface area (Å²) in [6.45, 7) is 1.40. The number of fused-ring (bicyclic) bond motifs is 1. The van der Waals surface area contributed by atoms with Crippen molar-refractivity contribution < 1.29 is 14.3 Å². The zero-order valence-electron chi connectivity index (χ0n) is 14.4. The average Bonchev–Trinajstić information content (AvgIpc) is 3.35. The molecule has 0 N–H and O–H groups in total. The van der Waals surface area contributed by atoms with Crippen molar-refractivity contribution in [2.75, 3.05) is 25.1 Å². The minimum absolute atomic E-state index is 0.164. The number of ether oxygens (including phenoxy) is 1. The molecule has 2 amide bonds. The Hall–Kier alpha value is -3.10. The number of methoxy groups -OCH3 is 1. The van der Waals surface area contributed by atoms with E-state index >= 15 is 0 Å². The molecule has 0 bridgehead atoms. The van der Waals surface area contributed by atoms with Crippen molar-refractivity contribution in [3.8, 4) is 5.75 Å². The number of hydrogen-bond acceptors (Lipinski definition) is 5. The van der Waals surface area contributed by atoms with E-state index in [0.717, 1.165) is 17.5 Å². The molecule has 0 radical (unpaired) electrons. The van der Waals surface area contributed by atoms with Gasteiger partial charge in [0.25, 0.3) is 0 Å². The van der Waals surface area contributed by atoms with Gasteiger partial charge >= 0.3 is 11.7 Å². The highest BCUT2D eigenvalue weighted by atomic mass is 16.5. The van der Waals surface area contributed by atoms with Gasteiger partial charge in [0.15, 0.2) is 5.82 Å². The Kier molecular flexibility index (Phi) is 3.98. The predicted octanol–water partition coefficient (Wildman–Crippen LogP) is 0.664. The average molecular weight is 357 g/mol. The van der Waals surface area contributed by atoms with Crippen LogP contribution in [0.4, 0.5) is 10.5 Å². The van der Waals surface area contributed by atoms with E-state index in [2.05, 4.69) is 4.98 Å². The van der Waals surface area contributed by atoms with Gasteiger partial charge in [-0.3, -0.25) is 9.69 Å². The van der Waals surface area contributed by atoms with E-state index in [-0.39, 0.29) is 19.0 Å². The Labute approximate surface area is 149 Å². The van der Waals surface area contributed by atoms with Crippen LogP contribution < -0.4 is 15.3 Å². The zero-order chi connectivity index (χ0) is 18.3. The van der Waals surface area contributed by atoms with Gasteiger partial charge in [0.1, 0.15) is 12.3 Å². The molecule has 9 nitrogen and oxygen atoms in total. The van der Waals surface area contributed by atoms with E-state index in [1.807, 2.05) is 0 Å². The Bertz CT molecular complexity index is 908. The molecule has 1 saturated heterocycles. The first kappa shape index (κ1) is 16.4. The number of rotatable bonds is 4. The van der Waals surface area contributed by atoms with Gasteiger partial charge in [0.2, 0.25) is 5.91 Å². The van der Waals surface area contributed by atoms with E-state index in [0.29, 0.717) is 30.4 Å². The molecule has 2 aliphatic rings. The molecule has 0 atom stereocenters. The quantitative estimate of drug-likeness (QED) is 0.802. The topological polar surface area (TPSA) is 89.7 Å². The zero-order valence-corrected chi connectivity index (χ0v) is 14.4.